The van der Waals surface area contributed by atoms with Gasteiger partial charge in [0.05, 0.1) is 12.2 Å². The van der Waals surface area contributed by atoms with Crippen molar-refractivity contribution in [3.05, 3.63) is 42.5 Å². The minimum atomic E-state index is 0.165. The first-order valence-corrected chi connectivity index (χ1v) is 7.49. The normalized spacial score (nSPS) is 18.0. The molecule has 0 aliphatic carbocycles. The summed E-state index contributed by atoms with van der Waals surface area (Å²) in [6.07, 6.45) is 6.49. The lowest BCUT2D eigenvalue weighted by Gasteiger charge is -2.17. The van der Waals surface area contributed by atoms with Gasteiger partial charge in [-0.3, -0.25) is 4.98 Å². The first-order valence-electron chi connectivity index (χ1n) is 7.49. The van der Waals surface area contributed by atoms with E-state index in [9.17, 15) is 0 Å². The summed E-state index contributed by atoms with van der Waals surface area (Å²) in [7, 11) is 4.06. The van der Waals surface area contributed by atoms with Crippen LogP contribution >= 0.6 is 0 Å². The molecule has 0 saturated carbocycles. The van der Waals surface area contributed by atoms with Gasteiger partial charge in [0.15, 0.2) is 0 Å². The Morgan fingerprint density at radius 1 is 1.23 bits per heavy atom. The third-order valence-corrected chi connectivity index (χ3v) is 3.55. The molecule has 0 N–H and O–H groups in total. The Morgan fingerprint density at radius 3 is 2.82 bits per heavy atom. The molecule has 22 heavy (non-hydrogen) atoms. The van der Waals surface area contributed by atoms with Crippen molar-refractivity contribution in [1.29, 1.82) is 0 Å². The molecule has 1 fully saturated rings. The van der Waals surface area contributed by atoms with Crippen LogP contribution in [0.4, 0.5) is 5.95 Å². The number of anilines is 1. The van der Waals surface area contributed by atoms with Crippen LogP contribution in [-0.4, -0.2) is 53.1 Å². The van der Waals surface area contributed by atoms with Gasteiger partial charge in [0, 0.05) is 44.2 Å². The fraction of sp³-hybridized carbons (Fsp3) is 0.438. The summed E-state index contributed by atoms with van der Waals surface area (Å²) in [6.45, 7) is 2.55. The second-order valence-corrected chi connectivity index (χ2v) is 5.74. The fourth-order valence-corrected chi connectivity index (χ4v) is 2.59. The summed E-state index contributed by atoms with van der Waals surface area (Å²) in [4.78, 5) is 17.2. The van der Waals surface area contributed by atoms with Crippen LogP contribution in [0.5, 0.6) is 5.75 Å². The van der Waals surface area contributed by atoms with Gasteiger partial charge in [-0.05, 0) is 26.2 Å². The van der Waals surface area contributed by atoms with Crippen molar-refractivity contribution in [3.8, 4) is 5.75 Å². The summed E-state index contributed by atoms with van der Waals surface area (Å²) in [5, 5.41) is 0. The highest BCUT2D eigenvalue weighted by atomic mass is 16.5. The molecule has 6 nitrogen and oxygen atoms in total. The van der Waals surface area contributed by atoms with E-state index in [-0.39, 0.29) is 6.10 Å². The van der Waals surface area contributed by atoms with Crippen LogP contribution in [0.15, 0.2) is 36.8 Å². The predicted molar refractivity (Wildman–Crippen MR) is 84.9 cm³/mol. The van der Waals surface area contributed by atoms with Gasteiger partial charge in [-0.1, -0.05) is 0 Å². The van der Waals surface area contributed by atoms with Gasteiger partial charge in [0.25, 0.3) is 0 Å². The Hall–Kier alpha value is -2.21. The van der Waals surface area contributed by atoms with Crippen molar-refractivity contribution in [3.63, 3.8) is 0 Å². The zero-order valence-electron chi connectivity index (χ0n) is 13.0. The molecule has 0 aromatic carbocycles. The highest BCUT2D eigenvalue weighted by Crippen LogP contribution is 2.21. The number of nitrogens with zero attached hydrogens (tertiary/aromatic N) is 5. The second kappa shape index (κ2) is 6.70. The van der Waals surface area contributed by atoms with Crippen LogP contribution in [0.2, 0.25) is 0 Å². The van der Waals surface area contributed by atoms with Crippen molar-refractivity contribution in [2.75, 3.05) is 32.1 Å². The van der Waals surface area contributed by atoms with E-state index in [2.05, 4.69) is 24.8 Å². The maximum absolute atomic E-state index is 6.09. The van der Waals surface area contributed by atoms with Gasteiger partial charge in [-0.2, -0.15) is 0 Å². The molecule has 2 aromatic heterocycles. The standard InChI is InChI=1S/C16H21N5O/c1-20(2)11-13-10-14(4-8-17-13)22-15-5-9-21(12-15)16-18-6-3-7-19-16/h3-4,6-8,10,15H,5,9,11-12H2,1-2H3. The maximum atomic E-state index is 6.09. The molecule has 3 rings (SSSR count). The van der Waals surface area contributed by atoms with Crippen LogP contribution in [0.1, 0.15) is 12.1 Å². The number of aromatic nitrogens is 3. The molecule has 0 radical (unpaired) electrons. The van der Waals surface area contributed by atoms with E-state index in [1.165, 1.54) is 0 Å². The summed E-state index contributed by atoms with van der Waals surface area (Å²) in [6, 6.07) is 5.76. The molecule has 6 heteroatoms. The highest BCUT2D eigenvalue weighted by Gasteiger charge is 2.25. The monoisotopic (exact) mass is 299 g/mol. The number of hydrogen-bond acceptors (Lipinski definition) is 6. The van der Waals surface area contributed by atoms with E-state index in [1.807, 2.05) is 32.3 Å². The summed E-state index contributed by atoms with van der Waals surface area (Å²) < 4.78 is 6.09. The fourth-order valence-electron chi connectivity index (χ4n) is 2.59. The topological polar surface area (TPSA) is 54.4 Å². The minimum absolute atomic E-state index is 0.165. The predicted octanol–water partition coefficient (Wildman–Crippen LogP) is 1.59. The smallest absolute Gasteiger partial charge is 0.225 e. The van der Waals surface area contributed by atoms with Crippen LogP contribution < -0.4 is 9.64 Å². The zero-order chi connectivity index (χ0) is 15.4. The molecule has 1 saturated heterocycles. The number of pyridine rings is 1. The van der Waals surface area contributed by atoms with Crippen molar-refractivity contribution < 1.29 is 4.74 Å². The minimum Gasteiger partial charge on any atom is -0.488 e. The first kappa shape index (κ1) is 14.7. The molecule has 3 heterocycles. The Bertz CT molecular complexity index is 604. The number of ether oxygens (including phenoxy) is 1. The van der Waals surface area contributed by atoms with Crippen LogP contribution in [0, 0.1) is 0 Å². The van der Waals surface area contributed by atoms with E-state index in [4.69, 9.17) is 4.74 Å². The lowest BCUT2D eigenvalue weighted by molar-refractivity contribution is 0.224. The molecule has 1 atom stereocenters. The van der Waals surface area contributed by atoms with Crippen molar-refractivity contribution >= 4 is 5.95 Å². The Kier molecular flexibility index (Phi) is 4.48. The van der Waals surface area contributed by atoms with Crippen molar-refractivity contribution in [2.24, 2.45) is 0 Å². The SMILES string of the molecule is CN(C)Cc1cc(OC2CCN(c3ncccn3)C2)ccn1. The van der Waals surface area contributed by atoms with Crippen LogP contribution in [-0.2, 0) is 6.54 Å². The Labute approximate surface area is 130 Å². The molecule has 0 bridgehead atoms. The molecule has 1 aliphatic rings. The molecule has 1 aliphatic heterocycles. The van der Waals surface area contributed by atoms with E-state index < -0.39 is 0 Å². The second-order valence-electron chi connectivity index (χ2n) is 5.74. The van der Waals surface area contributed by atoms with Gasteiger partial charge in [-0.25, -0.2) is 9.97 Å². The van der Waals surface area contributed by atoms with Crippen LogP contribution in [0.3, 0.4) is 0 Å². The summed E-state index contributed by atoms with van der Waals surface area (Å²) in [5.74, 6) is 1.66. The molecule has 0 spiro atoms. The molecular formula is C16H21N5O. The summed E-state index contributed by atoms with van der Waals surface area (Å²) >= 11 is 0. The average molecular weight is 299 g/mol. The summed E-state index contributed by atoms with van der Waals surface area (Å²) in [5.41, 5.74) is 1.02. The molecule has 116 valence electrons. The van der Waals surface area contributed by atoms with E-state index >= 15 is 0 Å². The van der Waals surface area contributed by atoms with Gasteiger partial charge < -0.3 is 14.5 Å². The highest BCUT2D eigenvalue weighted by molar-refractivity contribution is 5.31. The Morgan fingerprint density at radius 2 is 2.05 bits per heavy atom. The van der Waals surface area contributed by atoms with Gasteiger partial charge in [0.1, 0.15) is 11.9 Å². The largest absolute Gasteiger partial charge is 0.488 e. The van der Waals surface area contributed by atoms with Crippen molar-refractivity contribution in [2.45, 2.75) is 19.1 Å². The zero-order valence-corrected chi connectivity index (χ0v) is 13.0. The quantitative estimate of drug-likeness (QED) is 0.836. The van der Waals surface area contributed by atoms with Crippen LogP contribution in [0.25, 0.3) is 0 Å². The van der Waals surface area contributed by atoms with Gasteiger partial charge in [-0.15, -0.1) is 0 Å². The van der Waals surface area contributed by atoms with Gasteiger partial charge in [0.2, 0.25) is 5.95 Å². The van der Waals surface area contributed by atoms with E-state index in [0.717, 1.165) is 43.4 Å². The van der Waals surface area contributed by atoms with Gasteiger partial charge >= 0.3 is 0 Å². The molecule has 0 amide bonds. The number of hydrogen-bond donors (Lipinski definition) is 0. The van der Waals surface area contributed by atoms with E-state index in [0.29, 0.717) is 0 Å². The molecule has 2 aromatic rings. The van der Waals surface area contributed by atoms with Crippen molar-refractivity contribution in [1.82, 2.24) is 19.9 Å². The molecular weight excluding hydrogens is 278 g/mol. The maximum Gasteiger partial charge on any atom is 0.225 e. The number of rotatable bonds is 5. The third-order valence-electron chi connectivity index (χ3n) is 3.55. The first-order chi connectivity index (χ1) is 10.7. The molecule has 1 unspecified atom stereocenters. The average Bonchev–Trinajstić information content (AvgIpc) is 2.96. The third kappa shape index (κ3) is 3.71. The Balaban J connectivity index is 1.60. The lowest BCUT2D eigenvalue weighted by Crippen LogP contribution is -2.26. The van der Waals surface area contributed by atoms with E-state index in [1.54, 1.807) is 18.6 Å². The lowest BCUT2D eigenvalue weighted by atomic mass is 10.3.